The summed E-state index contributed by atoms with van der Waals surface area (Å²) in [7, 11) is 1.63. The molecule has 0 spiro atoms. The molecule has 2 N–H and O–H groups in total. The van der Waals surface area contributed by atoms with E-state index >= 15 is 0 Å². The van der Waals surface area contributed by atoms with E-state index in [1.54, 1.807) is 7.11 Å². The van der Waals surface area contributed by atoms with Crippen LogP contribution in [-0.4, -0.2) is 29.7 Å². The summed E-state index contributed by atoms with van der Waals surface area (Å²) in [5.41, 5.74) is 1.18. The van der Waals surface area contributed by atoms with Crippen molar-refractivity contribution in [3.8, 4) is 5.88 Å². The number of hydrogen-bond donors (Lipinski definition) is 2. The van der Waals surface area contributed by atoms with E-state index in [-0.39, 0.29) is 0 Å². The molecule has 1 atom stereocenters. The van der Waals surface area contributed by atoms with E-state index in [9.17, 15) is 0 Å². The Morgan fingerprint density at radius 1 is 1.39 bits per heavy atom. The van der Waals surface area contributed by atoms with Crippen molar-refractivity contribution in [2.75, 3.05) is 24.3 Å². The molecule has 0 fully saturated rings. The van der Waals surface area contributed by atoms with Gasteiger partial charge >= 0.3 is 0 Å². The number of anilines is 2. The lowest BCUT2D eigenvalue weighted by Crippen LogP contribution is -2.26. The fraction of sp³-hybridized carbons (Fsp3) is 0.692. The van der Waals surface area contributed by atoms with Gasteiger partial charge in [-0.3, -0.25) is 0 Å². The standard InChI is InChI=1S/C13H22N4O/c1-13(2,3)7-9-5-6-14-10-11(17-9)15-8-16-12(10)18-4/h8-9,14H,5-7H2,1-4H3,(H,15,16,17). The normalized spacial score (nSPS) is 19.2. The van der Waals surface area contributed by atoms with Crippen LogP contribution in [0.4, 0.5) is 11.5 Å². The zero-order valence-corrected chi connectivity index (χ0v) is 11.6. The Balaban J connectivity index is 2.20. The van der Waals surface area contributed by atoms with Crippen molar-refractivity contribution >= 4 is 11.5 Å². The van der Waals surface area contributed by atoms with Gasteiger partial charge in [-0.05, 0) is 18.3 Å². The van der Waals surface area contributed by atoms with Crippen molar-refractivity contribution in [2.24, 2.45) is 5.41 Å². The maximum atomic E-state index is 5.25. The first kappa shape index (κ1) is 12.9. The third-order valence-electron chi connectivity index (χ3n) is 3.00. The smallest absolute Gasteiger partial charge is 0.242 e. The van der Waals surface area contributed by atoms with Gasteiger partial charge in [0.2, 0.25) is 5.88 Å². The second-order valence-electron chi connectivity index (χ2n) is 5.93. The molecule has 1 aromatic rings. The first-order chi connectivity index (χ1) is 8.49. The molecule has 0 bridgehead atoms. The first-order valence-corrected chi connectivity index (χ1v) is 6.39. The van der Waals surface area contributed by atoms with Gasteiger partial charge in [0.15, 0.2) is 5.82 Å². The molecule has 0 radical (unpaired) electrons. The number of fused-ring (bicyclic) bond motifs is 1. The second kappa shape index (κ2) is 5.00. The zero-order chi connectivity index (χ0) is 13.2. The molecule has 5 nitrogen and oxygen atoms in total. The highest BCUT2D eigenvalue weighted by atomic mass is 16.5. The van der Waals surface area contributed by atoms with E-state index in [0.29, 0.717) is 17.3 Å². The molecule has 0 aromatic carbocycles. The van der Waals surface area contributed by atoms with Crippen LogP contribution < -0.4 is 15.4 Å². The molecule has 2 heterocycles. The van der Waals surface area contributed by atoms with Crippen molar-refractivity contribution in [2.45, 2.75) is 39.7 Å². The molecule has 0 amide bonds. The molecule has 18 heavy (non-hydrogen) atoms. The largest absolute Gasteiger partial charge is 0.479 e. The van der Waals surface area contributed by atoms with Crippen molar-refractivity contribution < 1.29 is 4.74 Å². The summed E-state index contributed by atoms with van der Waals surface area (Å²) in [6.07, 6.45) is 3.71. The van der Waals surface area contributed by atoms with E-state index in [2.05, 4.69) is 41.4 Å². The summed E-state index contributed by atoms with van der Waals surface area (Å²) < 4.78 is 5.25. The van der Waals surface area contributed by atoms with Crippen molar-refractivity contribution in [1.82, 2.24) is 9.97 Å². The lowest BCUT2D eigenvalue weighted by molar-refractivity contribution is 0.345. The molecular weight excluding hydrogens is 228 g/mol. The van der Waals surface area contributed by atoms with Crippen LogP contribution in [0, 0.1) is 5.41 Å². The molecule has 0 saturated carbocycles. The quantitative estimate of drug-likeness (QED) is 0.844. The number of nitrogens with one attached hydrogen (secondary N) is 2. The van der Waals surface area contributed by atoms with Crippen LogP contribution in [0.15, 0.2) is 6.33 Å². The summed E-state index contributed by atoms with van der Waals surface area (Å²) >= 11 is 0. The Bertz CT molecular complexity index is 414. The summed E-state index contributed by atoms with van der Waals surface area (Å²) in [5.74, 6) is 1.44. The van der Waals surface area contributed by atoms with E-state index in [1.165, 1.54) is 6.33 Å². The van der Waals surface area contributed by atoms with Crippen molar-refractivity contribution in [3.63, 3.8) is 0 Å². The Morgan fingerprint density at radius 2 is 2.17 bits per heavy atom. The van der Waals surface area contributed by atoms with Crippen LogP contribution in [0.1, 0.15) is 33.6 Å². The minimum absolute atomic E-state index is 0.305. The van der Waals surface area contributed by atoms with E-state index < -0.39 is 0 Å². The lowest BCUT2D eigenvalue weighted by Gasteiger charge is -2.25. The molecule has 2 rings (SSSR count). The molecule has 1 aromatic heterocycles. The molecule has 5 heteroatoms. The van der Waals surface area contributed by atoms with Gasteiger partial charge in [-0.1, -0.05) is 20.8 Å². The molecule has 1 unspecified atom stereocenters. The highest BCUT2D eigenvalue weighted by Gasteiger charge is 2.23. The van der Waals surface area contributed by atoms with Gasteiger partial charge in [-0.25, -0.2) is 4.98 Å². The lowest BCUT2D eigenvalue weighted by atomic mass is 9.87. The van der Waals surface area contributed by atoms with E-state index in [0.717, 1.165) is 30.9 Å². The predicted octanol–water partition coefficient (Wildman–Crippen LogP) is 2.52. The van der Waals surface area contributed by atoms with E-state index in [1.807, 2.05) is 0 Å². The Morgan fingerprint density at radius 3 is 2.83 bits per heavy atom. The number of methoxy groups -OCH3 is 1. The number of rotatable bonds is 2. The highest BCUT2D eigenvalue weighted by molar-refractivity contribution is 5.70. The maximum absolute atomic E-state index is 5.25. The van der Waals surface area contributed by atoms with Gasteiger partial charge in [-0.15, -0.1) is 0 Å². The Kier molecular flexibility index (Phi) is 3.59. The highest BCUT2D eigenvalue weighted by Crippen LogP contribution is 2.33. The van der Waals surface area contributed by atoms with Gasteiger partial charge in [0.1, 0.15) is 12.0 Å². The number of aromatic nitrogens is 2. The van der Waals surface area contributed by atoms with Gasteiger partial charge in [0, 0.05) is 12.6 Å². The number of ether oxygens (including phenoxy) is 1. The summed E-state index contributed by atoms with van der Waals surface area (Å²) in [6.45, 7) is 7.68. The van der Waals surface area contributed by atoms with Crippen LogP contribution in [0.2, 0.25) is 0 Å². The molecule has 0 aliphatic carbocycles. The van der Waals surface area contributed by atoms with Gasteiger partial charge in [-0.2, -0.15) is 4.98 Å². The SMILES string of the molecule is COc1ncnc2c1NCCC(CC(C)(C)C)N2. The molecule has 100 valence electrons. The van der Waals surface area contributed by atoms with Crippen LogP contribution >= 0.6 is 0 Å². The Labute approximate surface area is 108 Å². The average Bonchev–Trinajstić information content (AvgIpc) is 2.47. The minimum atomic E-state index is 0.305. The second-order valence-corrected chi connectivity index (χ2v) is 5.93. The number of nitrogens with zero attached hydrogens (tertiary/aromatic N) is 2. The maximum Gasteiger partial charge on any atom is 0.242 e. The van der Waals surface area contributed by atoms with Gasteiger partial charge in [0.05, 0.1) is 7.11 Å². The van der Waals surface area contributed by atoms with Crippen LogP contribution in [0.5, 0.6) is 5.88 Å². The molecule has 1 aliphatic heterocycles. The zero-order valence-electron chi connectivity index (χ0n) is 11.6. The van der Waals surface area contributed by atoms with E-state index in [4.69, 9.17) is 4.74 Å². The van der Waals surface area contributed by atoms with Crippen LogP contribution in [0.3, 0.4) is 0 Å². The van der Waals surface area contributed by atoms with Crippen molar-refractivity contribution in [1.29, 1.82) is 0 Å². The Hall–Kier alpha value is -1.52. The van der Waals surface area contributed by atoms with Gasteiger partial charge in [0.25, 0.3) is 0 Å². The topological polar surface area (TPSA) is 59.1 Å². The third-order valence-corrected chi connectivity index (χ3v) is 3.00. The van der Waals surface area contributed by atoms with Crippen LogP contribution in [0.25, 0.3) is 0 Å². The first-order valence-electron chi connectivity index (χ1n) is 6.39. The average molecular weight is 250 g/mol. The van der Waals surface area contributed by atoms with Crippen LogP contribution in [-0.2, 0) is 0 Å². The fourth-order valence-electron chi connectivity index (χ4n) is 2.32. The predicted molar refractivity (Wildman–Crippen MR) is 73.2 cm³/mol. The monoisotopic (exact) mass is 250 g/mol. The molecular formula is C13H22N4O. The minimum Gasteiger partial charge on any atom is -0.479 e. The summed E-state index contributed by atoms with van der Waals surface area (Å²) in [5, 5.41) is 6.84. The summed E-state index contributed by atoms with van der Waals surface area (Å²) in [4.78, 5) is 8.42. The number of hydrogen-bond acceptors (Lipinski definition) is 5. The van der Waals surface area contributed by atoms with Crippen molar-refractivity contribution in [3.05, 3.63) is 6.33 Å². The molecule has 0 saturated heterocycles. The fourth-order valence-corrected chi connectivity index (χ4v) is 2.32. The summed E-state index contributed by atoms with van der Waals surface area (Å²) in [6, 6.07) is 0.429. The molecule has 1 aliphatic rings. The van der Waals surface area contributed by atoms with Gasteiger partial charge < -0.3 is 15.4 Å². The third kappa shape index (κ3) is 3.03.